The lowest BCUT2D eigenvalue weighted by atomic mass is 10.2. The maximum absolute atomic E-state index is 11.3. The normalized spacial score (nSPS) is 11.6. The van der Waals surface area contributed by atoms with Crippen LogP contribution in [-0.2, 0) is 16.1 Å². The Hall–Kier alpha value is -0.650. The Bertz CT molecular complexity index is 401. The third kappa shape index (κ3) is 4.61. The van der Waals surface area contributed by atoms with Gasteiger partial charge >= 0.3 is 5.97 Å². The van der Waals surface area contributed by atoms with Crippen molar-refractivity contribution in [3.63, 3.8) is 0 Å². The van der Waals surface area contributed by atoms with E-state index in [1.807, 2.05) is 24.4 Å². The fourth-order valence-corrected chi connectivity index (χ4v) is 2.80. The highest BCUT2D eigenvalue weighted by Crippen LogP contribution is 2.21. The highest BCUT2D eigenvalue weighted by molar-refractivity contribution is 9.10. The molecule has 0 amide bonds. The highest BCUT2D eigenvalue weighted by atomic mass is 79.9. The smallest absolute Gasteiger partial charge is 0.333 e. The van der Waals surface area contributed by atoms with Crippen molar-refractivity contribution in [1.82, 2.24) is 5.32 Å². The maximum atomic E-state index is 11.3. The van der Waals surface area contributed by atoms with E-state index in [9.17, 15) is 4.79 Å². The molecule has 0 saturated carbocycles. The number of esters is 1. The molecule has 0 atom stereocenters. The number of hydrogen-bond acceptors (Lipinski definition) is 4. The van der Waals surface area contributed by atoms with Crippen LogP contribution in [0.15, 0.2) is 27.6 Å². The largest absolute Gasteiger partial charge is 0.466 e. The van der Waals surface area contributed by atoms with Crippen molar-refractivity contribution < 1.29 is 9.53 Å². The van der Waals surface area contributed by atoms with Crippen LogP contribution >= 0.6 is 27.3 Å². The molecule has 0 aliphatic carbocycles. The fourth-order valence-electron chi connectivity index (χ4n) is 1.34. The van der Waals surface area contributed by atoms with Crippen LogP contribution in [0.3, 0.4) is 0 Å². The van der Waals surface area contributed by atoms with Gasteiger partial charge in [-0.05, 0) is 33.8 Å². The van der Waals surface area contributed by atoms with Crippen molar-refractivity contribution in [1.29, 1.82) is 0 Å². The van der Waals surface area contributed by atoms with Gasteiger partial charge in [0.1, 0.15) is 0 Å². The van der Waals surface area contributed by atoms with Gasteiger partial charge in [-0.2, -0.15) is 0 Å². The topological polar surface area (TPSA) is 38.3 Å². The second kappa shape index (κ2) is 7.63. The lowest BCUT2D eigenvalue weighted by Gasteiger charge is -2.03. The molecule has 0 aromatic carbocycles. The van der Waals surface area contributed by atoms with E-state index in [0.717, 1.165) is 11.0 Å². The van der Waals surface area contributed by atoms with Gasteiger partial charge in [0, 0.05) is 28.0 Å². The minimum atomic E-state index is -0.244. The van der Waals surface area contributed by atoms with Crippen LogP contribution in [0.4, 0.5) is 0 Å². The molecule has 0 unspecified atom stereocenters. The molecule has 94 valence electrons. The first-order valence-corrected chi connectivity index (χ1v) is 7.06. The number of ether oxygens (including phenoxy) is 1. The number of halogens is 1. The van der Waals surface area contributed by atoms with Gasteiger partial charge < -0.3 is 10.1 Å². The van der Waals surface area contributed by atoms with Gasteiger partial charge in [-0.25, -0.2) is 4.79 Å². The van der Waals surface area contributed by atoms with Gasteiger partial charge in [-0.1, -0.05) is 13.0 Å². The van der Waals surface area contributed by atoms with Crippen molar-refractivity contribution in [2.75, 3.05) is 13.7 Å². The minimum absolute atomic E-state index is 0.244. The first kappa shape index (κ1) is 14.4. The maximum Gasteiger partial charge on any atom is 0.333 e. The molecule has 1 aromatic heterocycles. The molecule has 17 heavy (non-hydrogen) atoms. The summed E-state index contributed by atoms with van der Waals surface area (Å²) in [5.74, 6) is -0.244. The first-order chi connectivity index (χ1) is 8.19. The summed E-state index contributed by atoms with van der Waals surface area (Å²) in [5.41, 5.74) is 0.713. The second-order valence-corrected chi connectivity index (χ2v) is 5.25. The lowest BCUT2D eigenvalue weighted by Crippen LogP contribution is -2.14. The molecule has 1 rings (SSSR count). The van der Waals surface area contributed by atoms with Gasteiger partial charge in [0.2, 0.25) is 0 Å². The molecule has 3 nitrogen and oxygen atoms in total. The monoisotopic (exact) mass is 317 g/mol. The molecule has 0 spiro atoms. The molecule has 0 aliphatic heterocycles. The Kier molecular flexibility index (Phi) is 6.47. The zero-order chi connectivity index (χ0) is 12.7. The van der Waals surface area contributed by atoms with Crippen LogP contribution in [0, 0.1) is 0 Å². The summed E-state index contributed by atoms with van der Waals surface area (Å²) < 4.78 is 5.81. The number of carbonyl (C=O) groups is 1. The standard InChI is InChI=1S/C12H16BrNO2S/c1-3-9(12(15)16-2)4-6-14-8-11-10(13)5-7-17-11/h4-5,7,14H,3,6,8H2,1-2H3/b9-4-. The Labute approximate surface area is 114 Å². The molecule has 0 saturated heterocycles. The Morgan fingerprint density at radius 3 is 2.94 bits per heavy atom. The molecular formula is C12H16BrNO2S. The molecular weight excluding hydrogens is 302 g/mol. The fraction of sp³-hybridized carbons (Fsp3) is 0.417. The molecule has 0 bridgehead atoms. The van der Waals surface area contributed by atoms with E-state index in [1.54, 1.807) is 11.3 Å². The van der Waals surface area contributed by atoms with Gasteiger partial charge in [0.25, 0.3) is 0 Å². The van der Waals surface area contributed by atoms with Gasteiger partial charge in [0.05, 0.1) is 7.11 Å². The van der Waals surface area contributed by atoms with E-state index >= 15 is 0 Å². The summed E-state index contributed by atoms with van der Waals surface area (Å²) >= 11 is 5.18. The minimum Gasteiger partial charge on any atom is -0.466 e. The molecule has 1 N–H and O–H groups in total. The predicted octanol–water partition coefficient (Wildman–Crippen LogP) is 3.11. The van der Waals surface area contributed by atoms with E-state index in [2.05, 4.69) is 26.0 Å². The van der Waals surface area contributed by atoms with Crippen LogP contribution in [0.2, 0.25) is 0 Å². The predicted molar refractivity (Wildman–Crippen MR) is 74.1 cm³/mol. The average molecular weight is 318 g/mol. The first-order valence-electron chi connectivity index (χ1n) is 5.39. The van der Waals surface area contributed by atoms with Crippen LogP contribution < -0.4 is 5.32 Å². The van der Waals surface area contributed by atoms with E-state index in [0.29, 0.717) is 18.5 Å². The summed E-state index contributed by atoms with van der Waals surface area (Å²) in [4.78, 5) is 12.6. The zero-order valence-electron chi connectivity index (χ0n) is 9.96. The van der Waals surface area contributed by atoms with E-state index in [1.165, 1.54) is 12.0 Å². The van der Waals surface area contributed by atoms with Gasteiger partial charge in [0.15, 0.2) is 0 Å². The summed E-state index contributed by atoms with van der Waals surface area (Å²) in [7, 11) is 1.40. The van der Waals surface area contributed by atoms with E-state index in [4.69, 9.17) is 0 Å². The average Bonchev–Trinajstić information content (AvgIpc) is 2.74. The molecule has 0 aliphatic rings. The number of nitrogens with one attached hydrogen (secondary N) is 1. The number of hydrogen-bond donors (Lipinski definition) is 1. The van der Waals surface area contributed by atoms with Crippen LogP contribution in [0.25, 0.3) is 0 Å². The summed E-state index contributed by atoms with van der Waals surface area (Å²) in [6.45, 7) is 3.41. The van der Waals surface area contributed by atoms with Crippen molar-refractivity contribution in [2.45, 2.75) is 19.9 Å². The third-order valence-corrected chi connectivity index (χ3v) is 4.22. The molecule has 5 heteroatoms. The van der Waals surface area contributed by atoms with Gasteiger partial charge in [-0.15, -0.1) is 11.3 Å². The number of rotatable bonds is 6. The summed E-state index contributed by atoms with van der Waals surface area (Å²) in [6.07, 6.45) is 2.57. The summed E-state index contributed by atoms with van der Waals surface area (Å²) in [6, 6.07) is 2.03. The van der Waals surface area contributed by atoms with E-state index in [-0.39, 0.29) is 5.97 Å². The summed E-state index contributed by atoms with van der Waals surface area (Å²) in [5, 5.41) is 5.31. The zero-order valence-corrected chi connectivity index (χ0v) is 12.4. The Balaban J connectivity index is 2.38. The third-order valence-electron chi connectivity index (χ3n) is 2.30. The van der Waals surface area contributed by atoms with Gasteiger partial charge in [-0.3, -0.25) is 0 Å². The molecule has 0 radical (unpaired) electrons. The molecule has 1 aromatic rings. The highest BCUT2D eigenvalue weighted by Gasteiger charge is 2.05. The Morgan fingerprint density at radius 2 is 2.41 bits per heavy atom. The quantitative estimate of drug-likeness (QED) is 0.498. The van der Waals surface area contributed by atoms with Crippen molar-refractivity contribution >= 4 is 33.2 Å². The molecule has 1 heterocycles. The van der Waals surface area contributed by atoms with Crippen molar-refractivity contribution in [3.8, 4) is 0 Å². The van der Waals surface area contributed by atoms with Crippen LogP contribution in [-0.4, -0.2) is 19.6 Å². The number of carbonyl (C=O) groups excluding carboxylic acids is 1. The Morgan fingerprint density at radius 1 is 1.65 bits per heavy atom. The molecule has 0 fully saturated rings. The lowest BCUT2D eigenvalue weighted by molar-refractivity contribution is -0.136. The van der Waals surface area contributed by atoms with Crippen LogP contribution in [0.5, 0.6) is 0 Å². The van der Waals surface area contributed by atoms with Crippen molar-refractivity contribution in [3.05, 3.63) is 32.4 Å². The SMILES string of the molecule is CC/C(=C/CNCc1sccc1Br)C(=O)OC. The number of thiophene rings is 1. The number of methoxy groups -OCH3 is 1. The van der Waals surface area contributed by atoms with Crippen molar-refractivity contribution in [2.24, 2.45) is 0 Å². The van der Waals surface area contributed by atoms with Crippen LogP contribution in [0.1, 0.15) is 18.2 Å². The second-order valence-electron chi connectivity index (χ2n) is 3.40. The van der Waals surface area contributed by atoms with E-state index < -0.39 is 0 Å².